The number of halogens is 2. The van der Waals surface area contributed by atoms with Gasteiger partial charge in [-0.25, -0.2) is 9.79 Å². The normalized spacial score (nSPS) is 12.9. The molecular weight excluding hydrogens is 427 g/mol. The highest BCUT2D eigenvalue weighted by atomic mass is 35.5. The lowest BCUT2D eigenvalue weighted by atomic mass is 10.1. The minimum atomic E-state index is -1.02. The summed E-state index contributed by atoms with van der Waals surface area (Å²) in [6, 6.07) is 9.11. The van der Waals surface area contributed by atoms with Crippen LogP contribution in [0.25, 0.3) is 0 Å². The van der Waals surface area contributed by atoms with E-state index in [0.29, 0.717) is 28.9 Å². The highest BCUT2D eigenvalue weighted by Crippen LogP contribution is 2.39. The van der Waals surface area contributed by atoms with Gasteiger partial charge in [-0.3, -0.25) is 0 Å². The maximum Gasteiger partial charge on any atom is 0.349 e. The number of ether oxygens (including phenoxy) is 1. The van der Waals surface area contributed by atoms with Crippen LogP contribution in [-0.2, 0) is 13.2 Å². The van der Waals surface area contributed by atoms with E-state index in [1.165, 1.54) is 0 Å². The Kier molecular flexibility index (Phi) is 5.10. The van der Waals surface area contributed by atoms with E-state index in [2.05, 4.69) is 4.99 Å². The maximum absolute atomic E-state index is 11.6. The van der Waals surface area contributed by atoms with Gasteiger partial charge in [0.05, 0.1) is 28.6 Å². The molecule has 1 aliphatic rings. The number of anilines is 1. The number of fused-ring (bicyclic) bond motifs is 1. The van der Waals surface area contributed by atoms with Crippen molar-refractivity contribution in [2.75, 3.05) is 4.90 Å². The molecule has 4 rings (SSSR count). The molecular formula is C18H12Cl2N2O3S2. The highest BCUT2D eigenvalue weighted by Gasteiger charge is 2.22. The molecule has 27 heavy (non-hydrogen) atoms. The molecule has 0 unspecified atom stereocenters. The van der Waals surface area contributed by atoms with Gasteiger partial charge in [-0.2, -0.15) is 0 Å². The number of hydrogen-bond acceptors (Lipinski definition) is 6. The number of carboxylic acids is 1. The van der Waals surface area contributed by atoms with Gasteiger partial charge in [-0.05, 0) is 29.1 Å². The van der Waals surface area contributed by atoms with Crippen LogP contribution in [0, 0.1) is 0 Å². The third kappa shape index (κ3) is 3.82. The summed E-state index contributed by atoms with van der Waals surface area (Å²) in [5.74, 6) is -0.666. The minimum absolute atomic E-state index is 0.162. The lowest BCUT2D eigenvalue weighted by Gasteiger charge is -2.23. The van der Waals surface area contributed by atoms with Crippen molar-refractivity contribution in [2.45, 2.75) is 13.2 Å². The molecule has 9 heteroatoms. The zero-order valence-electron chi connectivity index (χ0n) is 13.7. The minimum Gasteiger partial charge on any atom is -0.486 e. The molecule has 1 N–H and O–H groups in total. The van der Waals surface area contributed by atoms with Crippen LogP contribution >= 0.6 is 45.9 Å². The van der Waals surface area contributed by atoms with Crippen molar-refractivity contribution in [3.63, 3.8) is 0 Å². The second kappa shape index (κ2) is 7.52. The van der Waals surface area contributed by atoms with Gasteiger partial charge in [0.2, 0.25) is 0 Å². The second-order valence-corrected chi connectivity index (χ2v) is 8.60. The molecule has 2 aromatic heterocycles. The first-order valence-electron chi connectivity index (χ1n) is 7.82. The topological polar surface area (TPSA) is 62.1 Å². The van der Waals surface area contributed by atoms with E-state index in [0.717, 1.165) is 32.5 Å². The number of carbonyl (C=O) groups is 1. The van der Waals surface area contributed by atoms with Crippen LogP contribution in [0.5, 0.6) is 5.75 Å². The molecule has 0 saturated carbocycles. The van der Waals surface area contributed by atoms with Gasteiger partial charge >= 0.3 is 5.97 Å². The van der Waals surface area contributed by atoms with E-state index in [9.17, 15) is 9.90 Å². The standard InChI is InChI=1S/C18H12Cl2N2O3S2/c19-12-4-10-7-22(9-21-14(10)5-13(12)20)16-6-15(17(27-16)18(23)24)25-8-11-2-1-3-26-11/h1-6,9H,7-8H2,(H,23,24). The molecule has 0 bridgehead atoms. The van der Waals surface area contributed by atoms with Crippen LogP contribution in [0.1, 0.15) is 20.1 Å². The Bertz CT molecular complexity index is 1030. The summed E-state index contributed by atoms with van der Waals surface area (Å²) in [4.78, 5) is 19.1. The number of rotatable bonds is 5. The van der Waals surface area contributed by atoms with Gasteiger partial charge in [0.1, 0.15) is 17.4 Å². The molecule has 1 aromatic carbocycles. The van der Waals surface area contributed by atoms with Crippen molar-refractivity contribution >= 4 is 68.9 Å². The first kappa shape index (κ1) is 18.3. The van der Waals surface area contributed by atoms with E-state index >= 15 is 0 Å². The van der Waals surface area contributed by atoms with Crippen LogP contribution in [0.15, 0.2) is 40.7 Å². The number of hydrogen-bond donors (Lipinski definition) is 1. The second-order valence-electron chi connectivity index (χ2n) is 5.72. The summed E-state index contributed by atoms with van der Waals surface area (Å²) in [6.07, 6.45) is 1.66. The molecule has 0 amide bonds. The largest absolute Gasteiger partial charge is 0.486 e. The number of thiophene rings is 2. The first-order valence-corrected chi connectivity index (χ1v) is 10.3. The van der Waals surface area contributed by atoms with E-state index in [1.54, 1.807) is 35.9 Å². The Labute approximate surface area is 173 Å². The van der Waals surface area contributed by atoms with Gasteiger partial charge in [0, 0.05) is 10.9 Å². The van der Waals surface area contributed by atoms with Gasteiger partial charge < -0.3 is 14.7 Å². The third-order valence-electron chi connectivity index (χ3n) is 3.91. The number of aliphatic imine (C=N–C) groups is 1. The predicted octanol–water partition coefficient (Wildman–Crippen LogP) is 6.07. The lowest BCUT2D eigenvalue weighted by molar-refractivity contribution is 0.0697. The van der Waals surface area contributed by atoms with Crippen LogP contribution in [0.4, 0.5) is 10.7 Å². The number of nitrogens with zero attached hydrogens (tertiary/aromatic N) is 2. The molecule has 3 aromatic rings. The summed E-state index contributed by atoms with van der Waals surface area (Å²) in [7, 11) is 0. The number of carboxylic acid groups (broad SMARTS) is 1. The van der Waals surface area contributed by atoms with E-state index in [4.69, 9.17) is 27.9 Å². The summed E-state index contributed by atoms with van der Waals surface area (Å²) in [5.41, 5.74) is 1.67. The summed E-state index contributed by atoms with van der Waals surface area (Å²) < 4.78 is 5.75. The van der Waals surface area contributed by atoms with E-state index in [-0.39, 0.29) is 4.88 Å². The Morgan fingerprint density at radius 2 is 2.11 bits per heavy atom. The van der Waals surface area contributed by atoms with Crippen LogP contribution < -0.4 is 9.64 Å². The first-order chi connectivity index (χ1) is 13.0. The Balaban J connectivity index is 1.59. The Hall–Kier alpha value is -2.06. The van der Waals surface area contributed by atoms with Crippen LogP contribution in [0.3, 0.4) is 0 Å². The monoisotopic (exact) mass is 438 g/mol. The average molecular weight is 439 g/mol. The molecule has 0 saturated heterocycles. The lowest BCUT2D eigenvalue weighted by Crippen LogP contribution is -2.22. The molecule has 0 atom stereocenters. The van der Waals surface area contributed by atoms with Crippen molar-refractivity contribution in [1.29, 1.82) is 0 Å². The SMILES string of the molecule is O=C(O)c1sc(N2C=Nc3cc(Cl)c(Cl)cc3C2)cc1OCc1cccs1. The summed E-state index contributed by atoms with van der Waals surface area (Å²) >= 11 is 14.9. The highest BCUT2D eigenvalue weighted by molar-refractivity contribution is 7.18. The average Bonchev–Trinajstić information content (AvgIpc) is 3.30. The fourth-order valence-corrected chi connectivity index (χ4v) is 4.49. The van der Waals surface area contributed by atoms with Crippen molar-refractivity contribution in [1.82, 2.24) is 0 Å². The Morgan fingerprint density at radius 1 is 1.30 bits per heavy atom. The maximum atomic E-state index is 11.6. The Morgan fingerprint density at radius 3 is 2.85 bits per heavy atom. The van der Waals surface area contributed by atoms with Crippen molar-refractivity contribution in [3.05, 3.63) is 61.1 Å². The van der Waals surface area contributed by atoms with Crippen molar-refractivity contribution in [2.24, 2.45) is 4.99 Å². The molecule has 0 radical (unpaired) electrons. The predicted molar refractivity (Wildman–Crippen MR) is 111 cm³/mol. The molecule has 0 fully saturated rings. The number of aromatic carboxylic acids is 1. The zero-order chi connectivity index (χ0) is 19.0. The van der Waals surface area contributed by atoms with Gasteiger partial charge in [0.15, 0.2) is 4.88 Å². The van der Waals surface area contributed by atoms with Gasteiger partial charge in [-0.15, -0.1) is 22.7 Å². The van der Waals surface area contributed by atoms with Gasteiger partial charge in [-0.1, -0.05) is 29.3 Å². The molecule has 138 valence electrons. The van der Waals surface area contributed by atoms with Crippen molar-refractivity contribution in [3.8, 4) is 5.75 Å². The molecule has 3 heterocycles. The smallest absolute Gasteiger partial charge is 0.349 e. The van der Waals surface area contributed by atoms with Crippen LogP contribution in [-0.4, -0.2) is 17.4 Å². The van der Waals surface area contributed by atoms with E-state index in [1.807, 2.05) is 22.4 Å². The quantitative estimate of drug-likeness (QED) is 0.524. The zero-order valence-corrected chi connectivity index (χ0v) is 16.8. The number of benzene rings is 1. The molecule has 0 spiro atoms. The van der Waals surface area contributed by atoms with Crippen LogP contribution in [0.2, 0.25) is 10.0 Å². The van der Waals surface area contributed by atoms with Crippen molar-refractivity contribution < 1.29 is 14.6 Å². The molecule has 0 aliphatic carbocycles. The fourth-order valence-electron chi connectivity index (χ4n) is 2.62. The summed E-state index contributed by atoms with van der Waals surface area (Å²) in [6.45, 7) is 0.846. The molecule has 5 nitrogen and oxygen atoms in total. The third-order valence-corrected chi connectivity index (χ3v) is 6.62. The van der Waals surface area contributed by atoms with Gasteiger partial charge in [0.25, 0.3) is 0 Å². The molecule has 1 aliphatic heterocycles. The fraction of sp³-hybridized carbons (Fsp3) is 0.111. The van der Waals surface area contributed by atoms with E-state index < -0.39 is 5.97 Å². The summed E-state index contributed by atoms with van der Waals surface area (Å²) in [5, 5.41) is 13.1.